The standard InChI is InChI=1S/C13H23N3O2S2/c1-9(2)13-14-8-12(15-13)20(17,18)16(3)10-5-6-11(7-10)19-4/h8-11H,5-7H2,1-4H3,(H,14,15). The number of aromatic amines is 1. The zero-order chi connectivity index (χ0) is 14.9. The van der Waals surface area contributed by atoms with Crippen LogP contribution in [0.5, 0.6) is 0 Å². The first-order valence-corrected chi connectivity index (χ1v) is 9.64. The largest absolute Gasteiger partial charge is 0.332 e. The van der Waals surface area contributed by atoms with Crippen molar-refractivity contribution >= 4 is 21.8 Å². The predicted molar refractivity (Wildman–Crippen MR) is 82.6 cm³/mol. The van der Waals surface area contributed by atoms with Crippen molar-refractivity contribution in [3.05, 3.63) is 12.0 Å². The van der Waals surface area contributed by atoms with Crippen LogP contribution in [0, 0.1) is 0 Å². The minimum absolute atomic E-state index is 0.100. The van der Waals surface area contributed by atoms with Crippen LogP contribution in [-0.2, 0) is 10.0 Å². The molecule has 2 rings (SSSR count). The third-order valence-electron chi connectivity index (χ3n) is 3.98. The molecule has 1 saturated carbocycles. The lowest BCUT2D eigenvalue weighted by molar-refractivity contribution is 0.372. The van der Waals surface area contributed by atoms with Gasteiger partial charge in [-0.25, -0.2) is 13.4 Å². The molecule has 5 nitrogen and oxygen atoms in total. The van der Waals surface area contributed by atoms with Crippen molar-refractivity contribution in [1.29, 1.82) is 0 Å². The molecular weight excluding hydrogens is 294 g/mol. The summed E-state index contributed by atoms with van der Waals surface area (Å²) in [4.78, 5) is 7.09. The first-order valence-electron chi connectivity index (χ1n) is 6.92. The second-order valence-electron chi connectivity index (χ2n) is 5.63. The van der Waals surface area contributed by atoms with Gasteiger partial charge in [0.2, 0.25) is 0 Å². The van der Waals surface area contributed by atoms with Crippen LogP contribution in [0.4, 0.5) is 0 Å². The van der Waals surface area contributed by atoms with Crippen molar-refractivity contribution in [2.24, 2.45) is 0 Å². The quantitative estimate of drug-likeness (QED) is 0.906. The second kappa shape index (κ2) is 6.07. The average molecular weight is 317 g/mol. The van der Waals surface area contributed by atoms with E-state index < -0.39 is 10.0 Å². The lowest BCUT2D eigenvalue weighted by Crippen LogP contribution is -2.35. The Kier molecular flexibility index (Phi) is 4.81. The molecule has 1 heterocycles. The maximum Gasteiger partial charge on any atom is 0.260 e. The maximum absolute atomic E-state index is 12.6. The molecule has 2 unspecified atom stereocenters. The van der Waals surface area contributed by atoms with E-state index in [9.17, 15) is 8.42 Å². The van der Waals surface area contributed by atoms with Crippen LogP contribution in [0.3, 0.4) is 0 Å². The Balaban J connectivity index is 2.17. The number of nitrogens with zero attached hydrogens (tertiary/aromatic N) is 2. The first-order chi connectivity index (χ1) is 9.36. The zero-order valence-corrected chi connectivity index (χ0v) is 14.1. The number of H-pyrrole nitrogens is 1. The molecule has 0 aromatic carbocycles. The van der Waals surface area contributed by atoms with Crippen LogP contribution in [0.2, 0.25) is 0 Å². The van der Waals surface area contributed by atoms with Gasteiger partial charge in [0.25, 0.3) is 10.0 Å². The van der Waals surface area contributed by atoms with Crippen LogP contribution in [0.25, 0.3) is 0 Å². The number of hydrogen-bond donors (Lipinski definition) is 1. The second-order valence-corrected chi connectivity index (χ2v) is 8.74. The van der Waals surface area contributed by atoms with Gasteiger partial charge in [0.1, 0.15) is 5.82 Å². The number of sulfonamides is 1. The van der Waals surface area contributed by atoms with Gasteiger partial charge in [-0.2, -0.15) is 16.1 Å². The van der Waals surface area contributed by atoms with Crippen LogP contribution < -0.4 is 0 Å². The molecule has 114 valence electrons. The Labute approximate surface area is 125 Å². The Morgan fingerprint density at radius 1 is 1.45 bits per heavy atom. The molecule has 0 spiro atoms. The van der Waals surface area contributed by atoms with Gasteiger partial charge in [0, 0.05) is 24.3 Å². The van der Waals surface area contributed by atoms with Gasteiger partial charge in [-0.15, -0.1) is 0 Å². The minimum atomic E-state index is -3.46. The highest BCUT2D eigenvalue weighted by Gasteiger charge is 2.34. The average Bonchev–Trinajstić information content (AvgIpc) is 3.06. The fourth-order valence-electron chi connectivity index (χ4n) is 2.56. The number of thioether (sulfide) groups is 1. The molecule has 0 aliphatic heterocycles. The third-order valence-corrected chi connectivity index (χ3v) is 6.89. The van der Waals surface area contributed by atoms with Crippen LogP contribution in [-0.4, -0.2) is 47.3 Å². The number of rotatable bonds is 5. The third kappa shape index (κ3) is 3.04. The summed E-state index contributed by atoms with van der Waals surface area (Å²) in [6.45, 7) is 3.97. The van der Waals surface area contributed by atoms with E-state index in [0.29, 0.717) is 11.1 Å². The van der Waals surface area contributed by atoms with Crippen molar-refractivity contribution < 1.29 is 8.42 Å². The highest BCUT2D eigenvalue weighted by molar-refractivity contribution is 7.99. The molecule has 0 amide bonds. The first kappa shape index (κ1) is 15.9. The van der Waals surface area contributed by atoms with Crippen molar-refractivity contribution in [1.82, 2.24) is 14.3 Å². The Morgan fingerprint density at radius 3 is 2.65 bits per heavy atom. The number of aromatic nitrogens is 2. The highest BCUT2D eigenvalue weighted by Crippen LogP contribution is 2.33. The van der Waals surface area contributed by atoms with E-state index in [0.717, 1.165) is 19.3 Å². The molecule has 1 aromatic heterocycles. The van der Waals surface area contributed by atoms with Gasteiger partial charge in [0.15, 0.2) is 5.03 Å². The summed E-state index contributed by atoms with van der Waals surface area (Å²) in [6.07, 6.45) is 6.48. The molecule has 20 heavy (non-hydrogen) atoms. The summed E-state index contributed by atoms with van der Waals surface area (Å²) in [5.74, 6) is 0.905. The molecule has 0 saturated heterocycles. The van der Waals surface area contributed by atoms with E-state index in [1.54, 1.807) is 7.05 Å². The summed E-state index contributed by atoms with van der Waals surface area (Å²) in [5.41, 5.74) is 0. The summed E-state index contributed by atoms with van der Waals surface area (Å²) < 4.78 is 26.7. The van der Waals surface area contributed by atoms with Gasteiger partial charge in [-0.3, -0.25) is 0 Å². The SMILES string of the molecule is CSC1CCC(N(C)S(=O)(=O)c2cnc(C(C)C)[nH]2)C1. The number of nitrogens with one attached hydrogen (secondary N) is 1. The molecule has 0 radical (unpaired) electrons. The normalized spacial score (nSPS) is 23.9. The van der Waals surface area contributed by atoms with Gasteiger partial charge >= 0.3 is 0 Å². The fraction of sp³-hybridized carbons (Fsp3) is 0.769. The highest BCUT2D eigenvalue weighted by atomic mass is 32.2. The summed E-state index contributed by atoms with van der Waals surface area (Å²) in [5, 5.41) is 0.780. The Morgan fingerprint density at radius 2 is 2.15 bits per heavy atom. The molecule has 1 fully saturated rings. The summed E-state index contributed by atoms with van der Waals surface area (Å²) in [7, 11) is -1.78. The predicted octanol–water partition coefficient (Wildman–Crippen LogP) is 2.44. The van der Waals surface area contributed by atoms with Crippen LogP contribution in [0.15, 0.2) is 11.2 Å². The van der Waals surface area contributed by atoms with E-state index in [1.807, 2.05) is 25.6 Å². The van der Waals surface area contributed by atoms with E-state index in [-0.39, 0.29) is 17.0 Å². The molecule has 7 heteroatoms. The lowest BCUT2D eigenvalue weighted by Gasteiger charge is -2.23. The molecule has 1 aliphatic rings. The van der Waals surface area contributed by atoms with Crippen molar-refractivity contribution in [3.8, 4) is 0 Å². The van der Waals surface area contributed by atoms with Crippen molar-refractivity contribution in [2.75, 3.05) is 13.3 Å². The topological polar surface area (TPSA) is 66.1 Å². The summed E-state index contributed by atoms with van der Waals surface area (Å²) >= 11 is 1.83. The van der Waals surface area contributed by atoms with Gasteiger partial charge < -0.3 is 4.98 Å². The monoisotopic (exact) mass is 317 g/mol. The van der Waals surface area contributed by atoms with Gasteiger partial charge in [-0.05, 0) is 25.5 Å². The number of imidazole rings is 1. The maximum atomic E-state index is 12.6. The molecule has 0 bridgehead atoms. The van der Waals surface area contributed by atoms with Crippen molar-refractivity contribution in [3.63, 3.8) is 0 Å². The molecule has 1 N–H and O–H groups in total. The van der Waals surface area contributed by atoms with Crippen LogP contribution in [0.1, 0.15) is 44.9 Å². The molecule has 1 aliphatic carbocycles. The minimum Gasteiger partial charge on any atom is -0.332 e. The van der Waals surface area contributed by atoms with E-state index >= 15 is 0 Å². The van der Waals surface area contributed by atoms with E-state index in [4.69, 9.17) is 0 Å². The molecule has 2 atom stereocenters. The summed E-state index contributed by atoms with van der Waals surface area (Å²) in [6, 6.07) is 0.100. The number of hydrogen-bond acceptors (Lipinski definition) is 4. The zero-order valence-electron chi connectivity index (χ0n) is 12.5. The molecule has 1 aromatic rings. The van der Waals surface area contributed by atoms with Gasteiger partial charge in [-0.1, -0.05) is 13.8 Å². The van der Waals surface area contributed by atoms with Crippen molar-refractivity contribution in [2.45, 2.75) is 55.3 Å². The Hall–Kier alpha value is -0.530. The van der Waals surface area contributed by atoms with Gasteiger partial charge in [0.05, 0.1) is 6.20 Å². The van der Waals surface area contributed by atoms with Crippen LogP contribution >= 0.6 is 11.8 Å². The molecular formula is C13H23N3O2S2. The van der Waals surface area contributed by atoms with E-state index in [2.05, 4.69) is 16.2 Å². The van der Waals surface area contributed by atoms with E-state index in [1.165, 1.54) is 10.5 Å². The smallest absolute Gasteiger partial charge is 0.260 e. The fourth-order valence-corrected chi connectivity index (χ4v) is 4.66. The Bertz CT molecular complexity index is 554. The lowest BCUT2D eigenvalue weighted by atomic mass is 10.2.